The number of rotatable bonds is 7. The van der Waals surface area contributed by atoms with Crippen LogP contribution < -0.4 is 9.47 Å². The van der Waals surface area contributed by atoms with E-state index in [2.05, 4.69) is 0 Å². The topological polar surface area (TPSA) is 47.9 Å². The summed E-state index contributed by atoms with van der Waals surface area (Å²) >= 11 is 12.3. The number of aliphatic hydroxyl groups is 1. The Kier molecular flexibility index (Phi) is 6.99. The SMILES string of the molecule is COc1cc(OC)c(Cl)c(/C(F)=C/[B]OC(C)(C)C(C)(C)O)c1Cl. The molecule has 1 N–H and O–H groups in total. The molecule has 0 heterocycles. The van der Waals surface area contributed by atoms with E-state index >= 15 is 0 Å². The average Bonchev–Trinajstić information content (AvgIpc) is 2.46. The summed E-state index contributed by atoms with van der Waals surface area (Å²) in [5.41, 5.74) is -2.11. The van der Waals surface area contributed by atoms with Gasteiger partial charge in [0.05, 0.1) is 41.0 Å². The van der Waals surface area contributed by atoms with Crippen molar-refractivity contribution in [1.82, 2.24) is 0 Å². The molecule has 1 radical (unpaired) electrons. The van der Waals surface area contributed by atoms with Crippen LogP contribution in [0.1, 0.15) is 33.3 Å². The fraction of sp³-hybridized carbons (Fsp3) is 0.500. The molecule has 0 amide bonds. The largest absolute Gasteiger partial charge is 0.495 e. The fourth-order valence-corrected chi connectivity index (χ4v) is 2.27. The first-order valence-corrected chi connectivity index (χ1v) is 7.91. The van der Waals surface area contributed by atoms with Crippen molar-refractivity contribution in [3.05, 3.63) is 27.7 Å². The zero-order valence-electron chi connectivity index (χ0n) is 14.5. The van der Waals surface area contributed by atoms with Crippen LogP contribution >= 0.6 is 23.2 Å². The Hall–Kier alpha value is -0.945. The molecule has 0 aliphatic rings. The third-order valence-electron chi connectivity index (χ3n) is 3.86. The van der Waals surface area contributed by atoms with Crippen LogP contribution in [0, 0.1) is 0 Å². The first-order chi connectivity index (χ1) is 11.0. The highest BCUT2D eigenvalue weighted by Crippen LogP contribution is 2.43. The van der Waals surface area contributed by atoms with Crippen LogP contribution in [0.2, 0.25) is 10.0 Å². The minimum atomic E-state index is -1.12. The van der Waals surface area contributed by atoms with E-state index in [4.69, 9.17) is 37.3 Å². The van der Waals surface area contributed by atoms with Gasteiger partial charge in [0.25, 0.3) is 0 Å². The van der Waals surface area contributed by atoms with E-state index < -0.39 is 17.0 Å². The van der Waals surface area contributed by atoms with E-state index in [1.54, 1.807) is 27.7 Å². The molecule has 0 saturated heterocycles. The number of ether oxygens (including phenoxy) is 2. The lowest BCUT2D eigenvalue weighted by molar-refractivity contribution is -0.0894. The van der Waals surface area contributed by atoms with Gasteiger partial charge in [0.2, 0.25) is 0 Å². The highest BCUT2D eigenvalue weighted by molar-refractivity contribution is 6.41. The van der Waals surface area contributed by atoms with Gasteiger partial charge >= 0.3 is 7.48 Å². The molecule has 0 aliphatic heterocycles. The van der Waals surface area contributed by atoms with Crippen molar-refractivity contribution in [2.45, 2.75) is 38.9 Å². The first kappa shape index (κ1) is 21.1. The van der Waals surface area contributed by atoms with Gasteiger partial charge < -0.3 is 19.2 Å². The van der Waals surface area contributed by atoms with Crippen molar-refractivity contribution in [1.29, 1.82) is 0 Å². The molecule has 133 valence electrons. The summed E-state index contributed by atoms with van der Waals surface area (Å²) in [5, 5.41) is 10.1. The molecule has 1 aromatic carbocycles. The van der Waals surface area contributed by atoms with E-state index in [1.165, 1.54) is 20.3 Å². The zero-order valence-corrected chi connectivity index (χ0v) is 16.0. The minimum Gasteiger partial charge on any atom is -0.495 e. The molecule has 0 unspecified atom stereocenters. The molecule has 8 heteroatoms. The Labute approximate surface area is 152 Å². The lowest BCUT2D eigenvalue weighted by atomic mass is 9.86. The molecule has 24 heavy (non-hydrogen) atoms. The van der Waals surface area contributed by atoms with Gasteiger partial charge in [-0.3, -0.25) is 0 Å². The third-order valence-corrected chi connectivity index (χ3v) is 4.61. The van der Waals surface area contributed by atoms with Crippen molar-refractivity contribution in [2.75, 3.05) is 14.2 Å². The van der Waals surface area contributed by atoms with E-state index in [0.29, 0.717) is 0 Å². The lowest BCUT2D eigenvalue weighted by Crippen LogP contribution is -2.47. The van der Waals surface area contributed by atoms with Gasteiger partial charge in [-0.25, -0.2) is 4.39 Å². The Bertz CT molecular complexity index is 599. The molecular formula is C16H21BCl2FO4. The molecule has 4 nitrogen and oxygen atoms in total. The molecule has 0 aliphatic carbocycles. The van der Waals surface area contributed by atoms with Gasteiger partial charge in [-0.2, -0.15) is 0 Å². The molecule has 1 aromatic rings. The highest BCUT2D eigenvalue weighted by Gasteiger charge is 2.35. The molecule has 0 atom stereocenters. The van der Waals surface area contributed by atoms with E-state index in [9.17, 15) is 9.50 Å². The van der Waals surface area contributed by atoms with Crippen LogP contribution in [0.5, 0.6) is 11.5 Å². The Morgan fingerprint density at radius 2 is 1.58 bits per heavy atom. The second kappa shape index (κ2) is 7.96. The molecule has 0 saturated carbocycles. The number of benzene rings is 1. The van der Waals surface area contributed by atoms with Gasteiger partial charge in [0, 0.05) is 6.07 Å². The Balaban J connectivity index is 3.13. The molecule has 0 fully saturated rings. The molecule has 0 aromatic heterocycles. The van der Waals surface area contributed by atoms with Crippen LogP contribution in [0.3, 0.4) is 0 Å². The predicted molar refractivity (Wildman–Crippen MR) is 95.9 cm³/mol. The molecule has 0 spiro atoms. The van der Waals surface area contributed by atoms with Crippen LogP contribution in [0.15, 0.2) is 12.0 Å². The number of methoxy groups -OCH3 is 2. The van der Waals surface area contributed by atoms with Gasteiger partial charge in [-0.05, 0) is 27.7 Å². The van der Waals surface area contributed by atoms with Crippen LogP contribution in [0.25, 0.3) is 5.83 Å². The summed E-state index contributed by atoms with van der Waals surface area (Å²) < 4.78 is 30.2. The normalized spacial score (nSPS) is 13.0. The smallest absolute Gasteiger partial charge is 0.326 e. The fourth-order valence-electron chi connectivity index (χ4n) is 1.59. The van der Waals surface area contributed by atoms with Crippen molar-refractivity contribution in [3.63, 3.8) is 0 Å². The van der Waals surface area contributed by atoms with Gasteiger partial charge in [0.15, 0.2) is 0 Å². The van der Waals surface area contributed by atoms with Crippen molar-refractivity contribution in [3.8, 4) is 11.5 Å². The number of halogens is 3. The molecule has 0 bridgehead atoms. The summed E-state index contributed by atoms with van der Waals surface area (Å²) in [7, 11) is 3.95. The average molecular weight is 378 g/mol. The minimum absolute atomic E-state index is 0.0206. The van der Waals surface area contributed by atoms with Crippen LogP contribution in [-0.4, -0.2) is 38.0 Å². The Morgan fingerprint density at radius 3 is 1.96 bits per heavy atom. The predicted octanol–water partition coefficient (Wildman–Crippen LogP) is 4.46. The van der Waals surface area contributed by atoms with Crippen molar-refractivity contribution >= 4 is 36.5 Å². The zero-order chi connectivity index (χ0) is 18.7. The van der Waals surface area contributed by atoms with E-state index in [1.807, 2.05) is 0 Å². The van der Waals surface area contributed by atoms with Crippen molar-refractivity contribution < 1.29 is 23.6 Å². The summed E-state index contributed by atoms with van der Waals surface area (Å²) in [4.78, 5) is 0. The third kappa shape index (κ3) is 4.57. The second-order valence-electron chi connectivity index (χ2n) is 6.12. The summed E-state index contributed by atoms with van der Waals surface area (Å²) in [6, 6.07) is 1.47. The van der Waals surface area contributed by atoms with Gasteiger partial charge in [0.1, 0.15) is 17.3 Å². The lowest BCUT2D eigenvalue weighted by Gasteiger charge is -2.37. The van der Waals surface area contributed by atoms with Crippen LogP contribution in [0.4, 0.5) is 4.39 Å². The summed E-state index contributed by atoms with van der Waals surface area (Å²) in [5.74, 6) is 0.802. The van der Waals surface area contributed by atoms with Gasteiger partial charge in [-0.1, -0.05) is 29.2 Å². The van der Waals surface area contributed by atoms with E-state index in [-0.39, 0.29) is 27.1 Å². The first-order valence-electron chi connectivity index (χ1n) is 7.15. The monoisotopic (exact) mass is 377 g/mol. The molecule has 1 rings (SSSR count). The van der Waals surface area contributed by atoms with Crippen molar-refractivity contribution in [2.24, 2.45) is 0 Å². The molecular weight excluding hydrogens is 357 g/mol. The maximum atomic E-state index is 14.6. The number of hydrogen-bond donors (Lipinski definition) is 1. The Morgan fingerprint density at radius 1 is 1.12 bits per heavy atom. The van der Waals surface area contributed by atoms with E-state index in [0.717, 1.165) is 13.5 Å². The maximum absolute atomic E-state index is 14.6. The standard InChI is InChI=1S/C16H21BCl2FO4/c1-15(2,21)16(3,4)24-17-8-9(20)12-13(18)10(22-5)7-11(23-6)14(12)19/h7-8,21H,1-6H3/b9-8-. The summed E-state index contributed by atoms with van der Waals surface area (Å²) in [6.45, 7) is 6.57. The van der Waals surface area contributed by atoms with Gasteiger partial charge in [-0.15, -0.1) is 0 Å². The number of hydrogen-bond acceptors (Lipinski definition) is 4. The summed E-state index contributed by atoms with van der Waals surface area (Å²) in [6.07, 6.45) is 0. The van der Waals surface area contributed by atoms with Crippen LogP contribution in [-0.2, 0) is 4.65 Å². The highest BCUT2D eigenvalue weighted by atomic mass is 35.5. The maximum Gasteiger partial charge on any atom is 0.326 e. The second-order valence-corrected chi connectivity index (χ2v) is 6.88. The quantitative estimate of drug-likeness (QED) is 0.712.